The summed E-state index contributed by atoms with van der Waals surface area (Å²) in [5.41, 5.74) is 0.682. The summed E-state index contributed by atoms with van der Waals surface area (Å²) < 4.78 is 0. The van der Waals surface area contributed by atoms with Crippen molar-refractivity contribution in [3.63, 3.8) is 0 Å². The summed E-state index contributed by atoms with van der Waals surface area (Å²) in [6, 6.07) is 0. The summed E-state index contributed by atoms with van der Waals surface area (Å²) in [6.45, 7) is 9.73. The zero-order chi connectivity index (χ0) is 9.47. The number of hydrogen-bond donors (Lipinski definition) is 0. The van der Waals surface area contributed by atoms with Gasteiger partial charge in [-0.2, -0.15) is 0 Å². The largest absolute Gasteiger partial charge is 0.298 e. The van der Waals surface area contributed by atoms with E-state index in [1.165, 1.54) is 38.8 Å². The minimum atomic E-state index is 0.682. The zero-order valence-corrected chi connectivity index (χ0v) is 9.34. The van der Waals surface area contributed by atoms with Crippen LogP contribution in [0.4, 0.5) is 0 Å². The molecule has 0 radical (unpaired) electrons. The van der Waals surface area contributed by atoms with Crippen molar-refractivity contribution in [1.82, 2.24) is 4.90 Å². The minimum Gasteiger partial charge on any atom is -0.298 e. The third kappa shape index (κ3) is 1.63. The maximum absolute atomic E-state index is 2.73. The van der Waals surface area contributed by atoms with Gasteiger partial charge in [-0.1, -0.05) is 20.8 Å². The maximum Gasteiger partial charge on any atom is 0.0213 e. The van der Waals surface area contributed by atoms with E-state index in [1.807, 2.05) is 0 Å². The third-order valence-corrected chi connectivity index (χ3v) is 4.23. The Morgan fingerprint density at radius 1 is 1.38 bits per heavy atom. The van der Waals surface area contributed by atoms with Crippen molar-refractivity contribution in [2.75, 3.05) is 13.1 Å². The van der Waals surface area contributed by atoms with Crippen LogP contribution < -0.4 is 0 Å². The maximum atomic E-state index is 2.73. The predicted octanol–water partition coefficient (Wildman–Crippen LogP) is 2.91. The zero-order valence-electron chi connectivity index (χ0n) is 9.34. The summed E-state index contributed by atoms with van der Waals surface area (Å²) >= 11 is 0. The summed E-state index contributed by atoms with van der Waals surface area (Å²) in [7, 11) is 0. The molecular formula is C12H23N. The van der Waals surface area contributed by atoms with Crippen molar-refractivity contribution in [3.8, 4) is 0 Å². The summed E-state index contributed by atoms with van der Waals surface area (Å²) in [5.74, 6) is 1.90. The van der Waals surface area contributed by atoms with Gasteiger partial charge in [0.2, 0.25) is 0 Å². The van der Waals surface area contributed by atoms with Gasteiger partial charge in [0.05, 0.1) is 0 Å². The van der Waals surface area contributed by atoms with Crippen molar-refractivity contribution >= 4 is 0 Å². The van der Waals surface area contributed by atoms with Gasteiger partial charge in [0.1, 0.15) is 0 Å². The van der Waals surface area contributed by atoms with Crippen LogP contribution in [0.3, 0.4) is 0 Å². The van der Waals surface area contributed by atoms with Crippen LogP contribution in [0.1, 0.15) is 46.5 Å². The van der Waals surface area contributed by atoms with Crippen LogP contribution in [0.25, 0.3) is 0 Å². The van der Waals surface area contributed by atoms with E-state index in [-0.39, 0.29) is 0 Å². The third-order valence-electron chi connectivity index (χ3n) is 4.23. The predicted molar refractivity (Wildman–Crippen MR) is 56.8 cm³/mol. The van der Waals surface area contributed by atoms with Crippen LogP contribution >= 0.6 is 0 Å². The van der Waals surface area contributed by atoms with Crippen molar-refractivity contribution < 1.29 is 0 Å². The molecule has 1 saturated carbocycles. The number of rotatable bonds is 2. The Morgan fingerprint density at radius 2 is 2.08 bits per heavy atom. The van der Waals surface area contributed by atoms with Gasteiger partial charge in [-0.3, -0.25) is 4.90 Å². The Morgan fingerprint density at radius 3 is 2.54 bits per heavy atom. The molecule has 2 aliphatic rings. The monoisotopic (exact) mass is 181 g/mol. The van der Waals surface area contributed by atoms with Crippen LogP contribution in [-0.4, -0.2) is 23.5 Å². The highest BCUT2D eigenvalue weighted by molar-refractivity contribution is 5.07. The van der Waals surface area contributed by atoms with Gasteiger partial charge >= 0.3 is 0 Å². The van der Waals surface area contributed by atoms with Gasteiger partial charge < -0.3 is 0 Å². The Bertz CT molecular complexity index is 182. The van der Waals surface area contributed by atoms with E-state index >= 15 is 0 Å². The number of hydrogen-bond acceptors (Lipinski definition) is 1. The average Bonchev–Trinajstić information content (AvgIpc) is 2.85. The molecule has 76 valence electrons. The number of piperidine rings is 1. The molecule has 1 heteroatoms. The molecule has 2 fully saturated rings. The first-order chi connectivity index (χ1) is 6.18. The van der Waals surface area contributed by atoms with Crippen LogP contribution in [0, 0.1) is 11.8 Å². The van der Waals surface area contributed by atoms with Gasteiger partial charge in [0.25, 0.3) is 0 Å². The first-order valence-corrected chi connectivity index (χ1v) is 5.93. The molecule has 1 nitrogen and oxygen atoms in total. The van der Waals surface area contributed by atoms with E-state index < -0.39 is 0 Å². The lowest BCUT2D eigenvalue weighted by Gasteiger charge is -2.41. The average molecular weight is 181 g/mol. The van der Waals surface area contributed by atoms with Crippen molar-refractivity contribution in [3.05, 3.63) is 0 Å². The van der Waals surface area contributed by atoms with E-state index in [4.69, 9.17) is 0 Å². The van der Waals surface area contributed by atoms with Crippen LogP contribution in [-0.2, 0) is 0 Å². The molecule has 0 aromatic carbocycles. The van der Waals surface area contributed by atoms with E-state index in [2.05, 4.69) is 25.7 Å². The fraction of sp³-hybridized carbons (Fsp3) is 1.00. The highest BCUT2D eigenvalue weighted by Gasteiger charge is 2.50. The summed E-state index contributed by atoms with van der Waals surface area (Å²) in [4.78, 5) is 2.73. The first-order valence-electron chi connectivity index (χ1n) is 5.93. The second-order valence-electron chi connectivity index (χ2n) is 5.30. The molecule has 0 N–H and O–H groups in total. The molecule has 1 saturated heterocycles. The quantitative estimate of drug-likeness (QED) is 0.633. The van der Waals surface area contributed by atoms with Gasteiger partial charge in [0, 0.05) is 5.54 Å². The van der Waals surface area contributed by atoms with Gasteiger partial charge in [-0.25, -0.2) is 0 Å². The number of likely N-dealkylation sites (tertiary alicyclic amines) is 1. The summed E-state index contributed by atoms with van der Waals surface area (Å²) in [6.07, 6.45) is 5.87. The molecular weight excluding hydrogens is 158 g/mol. The molecule has 1 aliphatic heterocycles. The lowest BCUT2D eigenvalue weighted by Crippen LogP contribution is -2.45. The molecule has 2 rings (SSSR count). The Labute approximate surface area is 82.5 Å². The standard InChI is InChI=1S/C12H23N/c1-4-13-8-5-11(10(2)3)9-12(13)6-7-12/h10-11H,4-9H2,1-3H3/t11-/m0/s1. The highest BCUT2D eigenvalue weighted by Crippen LogP contribution is 2.50. The molecule has 0 bridgehead atoms. The van der Waals surface area contributed by atoms with Gasteiger partial charge in [-0.15, -0.1) is 0 Å². The Hall–Kier alpha value is -0.0400. The smallest absolute Gasteiger partial charge is 0.0213 e. The normalized spacial score (nSPS) is 32.8. The van der Waals surface area contributed by atoms with Crippen molar-refractivity contribution in [2.24, 2.45) is 11.8 Å². The SMILES string of the molecule is CCN1CC[C@H](C(C)C)CC12CC2. The van der Waals surface area contributed by atoms with E-state index in [0.717, 1.165) is 11.8 Å². The van der Waals surface area contributed by atoms with Crippen LogP contribution in [0.5, 0.6) is 0 Å². The van der Waals surface area contributed by atoms with Crippen molar-refractivity contribution in [2.45, 2.75) is 52.0 Å². The molecule has 1 aliphatic carbocycles. The molecule has 0 aromatic heterocycles. The molecule has 1 atom stereocenters. The molecule has 0 amide bonds. The second kappa shape index (κ2) is 3.27. The van der Waals surface area contributed by atoms with E-state index in [1.54, 1.807) is 0 Å². The van der Waals surface area contributed by atoms with Gasteiger partial charge in [-0.05, 0) is 50.6 Å². The van der Waals surface area contributed by atoms with Gasteiger partial charge in [0.15, 0.2) is 0 Å². The van der Waals surface area contributed by atoms with Crippen LogP contribution in [0.15, 0.2) is 0 Å². The number of nitrogens with zero attached hydrogens (tertiary/aromatic N) is 1. The Kier molecular flexibility index (Phi) is 2.39. The fourth-order valence-electron chi connectivity index (χ4n) is 3.01. The topological polar surface area (TPSA) is 3.24 Å². The minimum absolute atomic E-state index is 0.682. The molecule has 1 heterocycles. The lowest BCUT2D eigenvalue weighted by atomic mass is 9.81. The lowest BCUT2D eigenvalue weighted by molar-refractivity contribution is 0.0816. The molecule has 13 heavy (non-hydrogen) atoms. The second-order valence-corrected chi connectivity index (χ2v) is 5.30. The molecule has 0 aromatic rings. The molecule has 1 spiro atoms. The van der Waals surface area contributed by atoms with E-state index in [0.29, 0.717) is 5.54 Å². The van der Waals surface area contributed by atoms with Crippen molar-refractivity contribution in [1.29, 1.82) is 0 Å². The van der Waals surface area contributed by atoms with E-state index in [9.17, 15) is 0 Å². The Balaban J connectivity index is 1.99. The first kappa shape index (κ1) is 9.51. The molecule has 0 unspecified atom stereocenters. The highest BCUT2D eigenvalue weighted by atomic mass is 15.2. The summed E-state index contributed by atoms with van der Waals surface area (Å²) in [5, 5.41) is 0. The van der Waals surface area contributed by atoms with Crippen LogP contribution in [0.2, 0.25) is 0 Å². The fourth-order valence-corrected chi connectivity index (χ4v) is 3.01.